The first-order chi connectivity index (χ1) is 15.1. The van der Waals surface area contributed by atoms with Crippen LogP contribution in [0, 0.1) is 17.3 Å². The van der Waals surface area contributed by atoms with Crippen LogP contribution in [0.2, 0.25) is 0 Å². The van der Waals surface area contributed by atoms with Crippen LogP contribution in [0.3, 0.4) is 0 Å². The van der Waals surface area contributed by atoms with E-state index in [1.165, 1.54) is 18.2 Å². The van der Waals surface area contributed by atoms with E-state index in [2.05, 4.69) is 22.8 Å². The van der Waals surface area contributed by atoms with Crippen molar-refractivity contribution in [2.75, 3.05) is 13.7 Å². The van der Waals surface area contributed by atoms with Crippen LogP contribution >= 0.6 is 0 Å². The molecule has 3 N–H and O–H groups in total. The highest BCUT2D eigenvalue weighted by Crippen LogP contribution is 2.32. The maximum Gasteiger partial charge on any atom is 0.333 e. The van der Waals surface area contributed by atoms with E-state index in [1.54, 1.807) is 0 Å². The minimum Gasteiger partial charge on any atom is -0.479 e. The SMILES string of the molecule is CCCO[C@H](C(=O)O)[C@@H](C[C@@H]1CCc2ccccc2C1)C(=O)N[C@H](C(=O)NC)C(C)(C)C. The summed E-state index contributed by atoms with van der Waals surface area (Å²) < 4.78 is 5.64. The van der Waals surface area contributed by atoms with Gasteiger partial charge in [0.15, 0.2) is 6.10 Å². The van der Waals surface area contributed by atoms with Crippen LogP contribution in [-0.2, 0) is 32.0 Å². The molecule has 0 saturated heterocycles. The highest BCUT2D eigenvalue weighted by Gasteiger charge is 2.40. The number of nitrogens with one attached hydrogen (secondary N) is 2. The van der Waals surface area contributed by atoms with Crippen LogP contribution in [0.1, 0.15) is 58.1 Å². The van der Waals surface area contributed by atoms with E-state index in [-0.39, 0.29) is 18.4 Å². The molecular weight excluding hydrogens is 408 g/mol. The highest BCUT2D eigenvalue weighted by atomic mass is 16.5. The van der Waals surface area contributed by atoms with E-state index in [1.807, 2.05) is 39.8 Å². The van der Waals surface area contributed by atoms with E-state index >= 15 is 0 Å². The summed E-state index contributed by atoms with van der Waals surface area (Å²) >= 11 is 0. The van der Waals surface area contributed by atoms with E-state index in [0.29, 0.717) is 12.8 Å². The number of fused-ring (bicyclic) bond motifs is 1. The Hall–Kier alpha value is -2.41. The van der Waals surface area contributed by atoms with Crippen molar-refractivity contribution in [1.29, 1.82) is 0 Å². The number of likely N-dealkylation sites (N-methyl/N-ethyl adjacent to an activating group) is 1. The lowest BCUT2D eigenvalue weighted by atomic mass is 9.77. The van der Waals surface area contributed by atoms with Crippen molar-refractivity contribution in [3.05, 3.63) is 35.4 Å². The summed E-state index contributed by atoms with van der Waals surface area (Å²) in [6.45, 7) is 7.74. The van der Waals surface area contributed by atoms with E-state index in [9.17, 15) is 19.5 Å². The fraction of sp³-hybridized carbons (Fsp3) is 0.640. The molecule has 0 spiro atoms. The Labute approximate surface area is 191 Å². The lowest BCUT2D eigenvalue weighted by Crippen LogP contribution is -2.56. The van der Waals surface area contributed by atoms with Crippen molar-refractivity contribution >= 4 is 17.8 Å². The minimum atomic E-state index is -1.25. The molecule has 0 unspecified atom stereocenters. The molecule has 7 nitrogen and oxygen atoms in total. The van der Waals surface area contributed by atoms with Gasteiger partial charge >= 0.3 is 5.97 Å². The highest BCUT2D eigenvalue weighted by molar-refractivity contribution is 5.91. The third-order valence-corrected chi connectivity index (χ3v) is 6.14. The molecule has 4 atom stereocenters. The molecule has 1 aromatic rings. The number of carbonyl (C=O) groups excluding carboxylic acids is 2. The van der Waals surface area contributed by atoms with Crippen LogP contribution in [-0.4, -0.2) is 48.7 Å². The van der Waals surface area contributed by atoms with Crippen molar-refractivity contribution in [3.8, 4) is 0 Å². The fourth-order valence-electron chi connectivity index (χ4n) is 4.37. The summed E-state index contributed by atoms with van der Waals surface area (Å²) in [5, 5.41) is 15.3. The fourth-order valence-corrected chi connectivity index (χ4v) is 4.37. The Morgan fingerprint density at radius 1 is 1.16 bits per heavy atom. The number of hydrogen-bond donors (Lipinski definition) is 3. The number of hydrogen-bond acceptors (Lipinski definition) is 4. The van der Waals surface area contributed by atoms with Crippen LogP contribution < -0.4 is 10.6 Å². The van der Waals surface area contributed by atoms with E-state index < -0.39 is 35.4 Å². The molecule has 0 aromatic heterocycles. The van der Waals surface area contributed by atoms with E-state index in [4.69, 9.17) is 4.74 Å². The van der Waals surface area contributed by atoms with Gasteiger partial charge in [0.2, 0.25) is 11.8 Å². The summed E-state index contributed by atoms with van der Waals surface area (Å²) in [6.07, 6.45) is 2.39. The number of aryl methyl sites for hydroxylation is 1. The van der Waals surface area contributed by atoms with Gasteiger partial charge in [0, 0.05) is 13.7 Å². The summed E-state index contributed by atoms with van der Waals surface area (Å²) in [7, 11) is 1.52. The standard InChI is InChI=1S/C25H38N2O5/c1-6-13-32-20(24(30)31)19(22(28)27-21(23(29)26-5)25(2,3)4)15-16-11-12-17-9-7-8-10-18(17)14-16/h7-10,16,19-21H,6,11-15H2,1-5H3,(H,26,29)(H,27,28)(H,30,31)/t16-,19-,20+,21-/m1/s1. The van der Waals surface area contributed by atoms with Gasteiger partial charge < -0.3 is 20.5 Å². The number of carbonyl (C=O) groups is 3. The van der Waals surface area contributed by atoms with Gasteiger partial charge in [-0.1, -0.05) is 52.0 Å². The molecule has 2 rings (SSSR count). The average molecular weight is 447 g/mol. The van der Waals surface area contributed by atoms with E-state index in [0.717, 1.165) is 19.3 Å². The van der Waals surface area contributed by atoms with Gasteiger partial charge in [0.1, 0.15) is 6.04 Å². The Morgan fingerprint density at radius 2 is 1.81 bits per heavy atom. The molecule has 178 valence electrons. The van der Waals surface area contributed by atoms with Gasteiger partial charge in [0.05, 0.1) is 5.92 Å². The molecule has 2 amide bonds. The Bertz CT molecular complexity index is 802. The Morgan fingerprint density at radius 3 is 2.38 bits per heavy atom. The Kier molecular flexibility index (Phi) is 9.25. The molecule has 0 aliphatic heterocycles. The number of carboxylic acid groups (broad SMARTS) is 1. The first-order valence-corrected chi connectivity index (χ1v) is 11.5. The maximum absolute atomic E-state index is 13.4. The van der Waals surface area contributed by atoms with Gasteiger partial charge in [0.25, 0.3) is 0 Å². The Balaban J connectivity index is 2.28. The number of ether oxygens (including phenoxy) is 1. The molecule has 0 fully saturated rings. The lowest BCUT2D eigenvalue weighted by molar-refractivity contribution is -0.159. The first kappa shape index (κ1) is 25.8. The van der Waals surface area contributed by atoms with Crippen LogP contribution in [0.15, 0.2) is 24.3 Å². The zero-order valence-corrected chi connectivity index (χ0v) is 19.9. The number of amides is 2. The van der Waals surface area contributed by atoms with Gasteiger partial charge in [-0.2, -0.15) is 0 Å². The van der Waals surface area contributed by atoms with Crippen molar-refractivity contribution in [1.82, 2.24) is 10.6 Å². The average Bonchev–Trinajstić information content (AvgIpc) is 2.75. The third kappa shape index (κ3) is 6.79. The van der Waals surface area contributed by atoms with Crippen LogP contribution in [0.5, 0.6) is 0 Å². The first-order valence-electron chi connectivity index (χ1n) is 11.5. The van der Waals surface area contributed by atoms with Crippen molar-refractivity contribution < 1.29 is 24.2 Å². The van der Waals surface area contributed by atoms with Crippen LogP contribution in [0.25, 0.3) is 0 Å². The largest absolute Gasteiger partial charge is 0.479 e. The molecule has 1 aliphatic carbocycles. The molecule has 32 heavy (non-hydrogen) atoms. The molecule has 1 aromatic carbocycles. The van der Waals surface area contributed by atoms with Gasteiger partial charge in [-0.25, -0.2) is 4.79 Å². The molecule has 7 heteroatoms. The topological polar surface area (TPSA) is 105 Å². The number of rotatable bonds is 10. The van der Waals surface area contributed by atoms with Crippen molar-refractivity contribution in [2.24, 2.45) is 17.3 Å². The summed E-state index contributed by atoms with van der Waals surface area (Å²) in [5.74, 6) is -2.62. The minimum absolute atomic E-state index is 0.167. The predicted octanol–water partition coefficient (Wildman–Crippen LogP) is 2.95. The molecule has 0 saturated carbocycles. The second kappa shape index (κ2) is 11.5. The quantitative estimate of drug-likeness (QED) is 0.513. The summed E-state index contributed by atoms with van der Waals surface area (Å²) in [5.41, 5.74) is 2.03. The van der Waals surface area contributed by atoms with Crippen LogP contribution in [0.4, 0.5) is 0 Å². The molecule has 1 aliphatic rings. The molecule has 0 radical (unpaired) electrons. The molecular formula is C25H38N2O5. The second-order valence-electron chi connectivity index (χ2n) is 9.77. The lowest BCUT2D eigenvalue weighted by Gasteiger charge is -2.34. The number of benzene rings is 1. The summed E-state index contributed by atoms with van der Waals surface area (Å²) in [4.78, 5) is 37.9. The van der Waals surface area contributed by atoms with Gasteiger partial charge in [-0.05, 0) is 54.6 Å². The predicted molar refractivity (Wildman–Crippen MR) is 123 cm³/mol. The third-order valence-electron chi connectivity index (χ3n) is 6.14. The molecule has 0 heterocycles. The van der Waals surface area contributed by atoms with Gasteiger partial charge in [-0.3, -0.25) is 9.59 Å². The zero-order valence-electron chi connectivity index (χ0n) is 19.9. The normalized spacial score (nSPS) is 18.7. The summed E-state index contributed by atoms with van der Waals surface area (Å²) in [6, 6.07) is 7.47. The zero-order chi connectivity index (χ0) is 23.9. The molecule has 0 bridgehead atoms. The maximum atomic E-state index is 13.4. The number of aliphatic carboxylic acids is 1. The smallest absolute Gasteiger partial charge is 0.333 e. The van der Waals surface area contributed by atoms with Crippen molar-refractivity contribution in [2.45, 2.75) is 71.9 Å². The van der Waals surface area contributed by atoms with Crippen molar-refractivity contribution in [3.63, 3.8) is 0 Å². The number of carboxylic acids is 1. The monoisotopic (exact) mass is 446 g/mol. The second-order valence-corrected chi connectivity index (χ2v) is 9.77. The van der Waals surface area contributed by atoms with Gasteiger partial charge in [-0.15, -0.1) is 0 Å².